The van der Waals surface area contributed by atoms with Crippen LogP contribution in [0, 0.1) is 11.8 Å². The Bertz CT molecular complexity index is 884. The molecule has 7 heteroatoms. The maximum atomic E-state index is 12.2. The van der Waals surface area contributed by atoms with Crippen LogP contribution in [0.1, 0.15) is 45.1 Å². The van der Waals surface area contributed by atoms with Gasteiger partial charge in [0.2, 0.25) is 5.91 Å². The molecule has 0 spiro atoms. The number of nitrogens with zero attached hydrogens (tertiary/aromatic N) is 4. The highest BCUT2D eigenvalue weighted by molar-refractivity contribution is 6.07. The third-order valence-electron chi connectivity index (χ3n) is 6.41. The number of rotatable bonds is 6. The van der Waals surface area contributed by atoms with Gasteiger partial charge in [-0.15, -0.1) is 0 Å². The first-order valence-corrected chi connectivity index (χ1v) is 10.8. The van der Waals surface area contributed by atoms with Crippen LogP contribution in [0.15, 0.2) is 24.5 Å². The number of aromatic nitrogens is 2. The van der Waals surface area contributed by atoms with Crippen molar-refractivity contribution >= 4 is 23.1 Å². The van der Waals surface area contributed by atoms with Crippen LogP contribution in [0.2, 0.25) is 0 Å². The standard InChI is InChI=1S/C22H31N5O2/c1-3-16(2)15-25-8-4-17(5-9-25)12-18-6-11-27-19(13-18)20(14-23-27)26-10-7-21(28)24-22(26)29/h6,11,13-14,16-17H,3-5,7-10,12,15H2,1-2H3,(H,24,28,29). The molecule has 0 radical (unpaired) electrons. The van der Waals surface area contributed by atoms with Crippen LogP contribution in [0.25, 0.3) is 5.52 Å². The van der Waals surface area contributed by atoms with Crippen molar-refractivity contribution in [3.8, 4) is 0 Å². The molecule has 2 fully saturated rings. The van der Waals surface area contributed by atoms with Crippen molar-refractivity contribution in [1.29, 1.82) is 0 Å². The number of urea groups is 1. The first-order chi connectivity index (χ1) is 14.0. The molecule has 4 heterocycles. The molecule has 7 nitrogen and oxygen atoms in total. The molecule has 0 saturated carbocycles. The molecule has 2 saturated heterocycles. The predicted octanol–water partition coefficient (Wildman–Crippen LogP) is 3.08. The number of anilines is 1. The molecule has 2 aliphatic rings. The number of piperidine rings is 1. The normalized spacial score (nSPS) is 20.3. The molecular weight excluding hydrogens is 366 g/mol. The summed E-state index contributed by atoms with van der Waals surface area (Å²) in [5, 5.41) is 6.77. The summed E-state index contributed by atoms with van der Waals surface area (Å²) < 4.78 is 1.80. The second kappa shape index (κ2) is 8.53. The first-order valence-electron chi connectivity index (χ1n) is 10.8. The number of imide groups is 1. The summed E-state index contributed by atoms with van der Waals surface area (Å²) >= 11 is 0. The Morgan fingerprint density at radius 3 is 2.76 bits per heavy atom. The summed E-state index contributed by atoms with van der Waals surface area (Å²) in [6.45, 7) is 8.60. The largest absolute Gasteiger partial charge is 0.328 e. The lowest BCUT2D eigenvalue weighted by Gasteiger charge is -2.33. The first kappa shape index (κ1) is 19.9. The predicted molar refractivity (Wildman–Crippen MR) is 113 cm³/mol. The number of carbonyl (C=O) groups excluding carboxylic acids is 2. The van der Waals surface area contributed by atoms with E-state index in [4.69, 9.17) is 0 Å². The average molecular weight is 398 g/mol. The quantitative estimate of drug-likeness (QED) is 0.813. The molecule has 2 aliphatic heterocycles. The number of amides is 3. The summed E-state index contributed by atoms with van der Waals surface area (Å²) in [5.74, 6) is 1.26. The van der Waals surface area contributed by atoms with Crippen molar-refractivity contribution < 1.29 is 9.59 Å². The number of fused-ring (bicyclic) bond motifs is 1. The van der Waals surface area contributed by atoms with E-state index in [2.05, 4.69) is 41.3 Å². The van der Waals surface area contributed by atoms with E-state index in [9.17, 15) is 9.59 Å². The Morgan fingerprint density at radius 1 is 1.24 bits per heavy atom. The molecule has 2 aromatic heterocycles. The van der Waals surface area contributed by atoms with Gasteiger partial charge >= 0.3 is 6.03 Å². The van der Waals surface area contributed by atoms with E-state index in [1.165, 1.54) is 44.5 Å². The van der Waals surface area contributed by atoms with Crippen LogP contribution in [0.3, 0.4) is 0 Å². The van der Waals surface area contributed by atoms with E-state index in [-0.39, 0.29) is 11.9 Å². The van der Waals surface area contributed by atoms with E-state index >= 15 is 0 Å². The van der Waals surface area contributed by atoms with Crippen molar-refractivity contribution in [2.45, 2.75) is 46.0 Å². The average Bonchev–Trinajstić information content (AvgIpc) is 3.12. The minimum absolute atomic E-state index is 0.219. The number of likely N-dealkylation sites (tertiary alicyclic amines) is 1. The second-order valence-corrected chi connectivity index (χ2v) is 8.61. The lowest BCUT2D eigenvalue weighted by molar-refractivity contribution is -0.120. The SMILES string of the molecule is CCC(C)CN1CCC(Cc2ccn3ncc(N4CCC(=O)NC4=O)c3c2)CC1. The third kappa shape index (κ3) is 4.45. The van der Waals surface area contributed by atoms with Crippen molar-refractivity contribution in [2.75, 3.05) is 31.1 Å². The van der Waals surface area contributed by atoms with Gasteiger partial charge in [-0.05, 0) is 61.9 Å². The highest BCUT2D eigenvalue weighted by Crippen LogP contribution is 2.27. The fourth-order valence-corrected chi connectivity index (χ4v) is 4.42. The van der Waals surface area contributed by atoms with Gasteiger partial charge < -0.3 is 4.90 Å². The Balaban J connectivity index is 1.43. The summed E-state index contributed by atoms with van der Waals surface area (Å²) in [7, 11) is 0. The van der Waals surface area contributed by atoms with E-state index in [0.717, 1.165) is 23.5 Å². The van der Waals surface area contributed by atoms with Crippen molar-refractivity contribution in [1.82, 2.24) is 19.8 Å². The molecule has 0 aliphatic carbocycles. The van der Waals surface area contributed by atoms with Crippen molar-refractivity contribution in [3.63, 3.8) is 0 Å². The third-order valence-corrected chi connectivity index (χ3v) is 6.41. The van der Waals surface area contributed by atoms with Crippen LogP contribution >= 0.6 is 0 Å². The zero-order valence-electron chi connectivity index (χ0n) is 17.4. The van der Waals surface area contributed by atoms with Gasteiger partial charge in [0.15, 0.2) is 0 Å². The smallest absolute Gasteiger partial charge is 0.303 e. The van der Waals surface area contributed by atoms with Gasteiger partial charge in [0.1, 0.15) is 0 Å². The monoisotopic (exact) mass is 397 g/mol. The lowest BCUT2D eigenvalue weighted by atomic mass is 9.90. The van der Waals surface area contributed by atoms with Crippen molar-refractivity contribution in [3.05, 3.63) is 30.1 Å². The summed E-state index contributed by atoms with van der Waals surface area (Å²) in [5.41, 5.74) is 2.97. The number of hydrogen-bond donors (Lipinski definition) is 1. The zero-order valence-corrected chi connectivity index (χ0v) is 17.4. The zero-order chi connectivity index (χ0) is 20.4. The molecule has 156 valence electrons. The van der Waals surface area contributed by atoms with Crippen LogP contribution in [0.4, 0.5) is 10.5 Å². The summed E-state index contributed by atoms with van der Waals surface area (Å²) in [6.07, 6.45) is 8.79. The van der Waals surface area contributed by atoms with E-state index in [1.807, 2.05) is 6.20 Å². The Hall–Kier alpha value is -2.41. The lowest BCUT2D eigenvalue weighted by Crippen LogP contribution is -2.49. The molecule has 1 N–H and O–H groups in total. The number of nitrogens with one attached hydrogen (secondary N) is 1. The number of carbonyl (C=O) groups is 2. The van der Waals surface area contributed by atoms with Crippen molar-refractivity contribution in [2.24, 2.45) is 11.8 Å². The topological polar surface area (TPSA) is 70.0 Å². The summed E-state index contributed by atoms with van der Waals surface area (Å²) in [4.78, 5) is 27.9. The molecule has 29 heavy (non-hydrogen) atoms. The highest BCUT2D eigenvalue weighted by Gasteiger charge is 2.27. The maximum Gasteiger partial charge on any atom is 0.328 e. The minimum Gasteiger partial charge on any atom is -0.303 e. The second-order valence-electron chi connectivity index (χ2n) is 8.61. The highest BCUT2D eigenvalue weighted by atomic mass is 16.2. The Labute approximate surface area is 172 Å². The van der Waals surface area contributed by atoms with E-state index < -0.39 is 0 Å². The van der Waals surface area contributed by atoms with Gasteiger partial charge in [0, 0.05) is 25.7 Å². The Kier molecular flexibility index (Phi) is 5.85. The van der Waals surface area contributed by atoms with E-state index in [1.54, 1.807) is 15.6 Å². The molecule has 2 aromatic rings. The molecule has 0 aromatic carbocycles. The van der Waals surface area contributed by atoms with Gasteiger partial charge in [0.05, 0.1) is 17.4 Å². The van der Waals surface area contributed by atoms with Gasteiger partial charge in [0.25, 0.3) is 0 Å². The molecular formula is C22H31N5O2. The fraction of sp³-hybridized carbons (Fsp3) is 0.591. The number of pyridine rings is 1. The molecule has 1 atom stereocenters. The molecule has 3 amide bonds. The van der Waals surface area contributed by atoms with Crippen LogP contribution in [-0.4, -0.2) is 52.6 Å². The summed E-state index contributed by atoms with van der Waals surface area (Å²) in [6, 6.07) is 3.92. The van der Waals surface area contributed by atoms with Gasteiger partial charge in [-0.1, -0.05) is 20.3 Å². The molecule has 1 unspecified atom stereocenters. The maximum absolute atomic E-state index is 12.2. The van der Waals surface area contributed by atoms with Crippen LogP contribution in [-0.2, 0) is 11.2 Å². The Morgan fingerprint density at radius 2 is 2.03 bits per heavy atom. The minimum atomic E-state index is -0.366. The number of hydrogen-bond acceptors (Lipinski definition) is 4. The van der Waals surface area contributed by atoms with Crippen LogP contribution < -0.4 is 10.2 Å². The van der Waals surface area contributed by atoms with Gasteiger partial charge in [-0.2, -0.15) is 5.10 Å². The van der Waals surface area contributed by atoms with Gasteiger partial charge in [-0.3, -0.25) is 15.0 Å². The van der Waals surface area contributed by atoms with Gasteiger partial charge in [-0.25, -0.2) is 9.31 Å². The fourth-order valence-electron chi connectivity index (χ4n) is 4.42. The molecule has 4 rings (SSSR count). The van der Waals surface area contributed by atoms with Crippen LogP contribution in [0.5, 0.6) is 0 Å². The van der Waals surface area contributed by atoms with E-state index in [0.29, 0.717) is 18.9 Å². The molecule has 0 bridgehead atoms.